The van der Waals surface area contributed by atoms with Crippen molar-refractivity contribution in [2.24, 2.45) is 0 Å². The highest BCUT2D eigenvalue weighted by molar-refractivity contribution is 7.13. The molecule has 1 heterocycles. The highest BCUT2D eigenvalue weighted by atomic mass is 31.0. The van der Waals surface area contributed by atoms with Crippen molar-refractivity contribution in [1.82, 2.24) is 9.99 Å². The SMILES string of the molecule is O=CNC1CCN(P)CC1. The molecule has 1 unspecified atom stereocenters. The molecular formula is C6H13N2OP. The summed E-state index contributed by atoms with van der Waals surface area (Å²) in [6.07, 6.45) is 2.94. The summed E-state index contributed by atoms with van der Waals surface area (Å²) in [5, 5.41) is 2.79. The van der Waals surface area contributed by atoms with E-state index in [-0.39, 0.29) is 0 Å². The first-order valence-corrected chi connectivity index (χ1v) is 4.04. The average Bonchev–Trinajstić information content (AvgIpc) is 1.95. The second-order valence-corrected chi connectivity index (χ2v) is 3.33. The van der Waals surface area contributed by atoms with Crippen molar-refractivity contribution < 1.29 is 4.79 Å². The molecule has 10 heavy (non-hydrogen) atoms. The summed E-state index contributed by atoms with van der Waals surface area (Å²) in [4.78, 5) is 10.0. The predicted octanol–water partition coefficient (Wildman–Crippen LogP) is -0.0131. The van der Waals surface area contributed by atoms with Crippen LogP contribution in [0.5, 0.6) is 0 Å². The lowest BCUT2D eigenvalue weighted by atomic mass is 10.1. The Hall–Kier alpha value is -0.140. The molecule has 0 aromatic heterocycles. The van der Waals surface area contributed by atoms with E-state index in [0.29, 0.717) is 6.04 Å². The summed E-state index contributed by atoms with van der Waals surface area (Å²) < 4.78 is 2.20. The number of amides is 1. The zero-order chi connectivity index (χ0) is 7.40. The molecule has 1 saturated heterocycles. The summed E-state index contributed by atoms with van der Waals surface area (Å²) in [7, 11) is 2.68. The van der Waals surface area contributed by atoms with Crippen LogP contribution in [0.4, 0.5) is 0 Å². The standard InChI is InChI=1S/C6H13N2OP/c9-5-7-6-1-3-8(10)4-2-6/h5-6H,1-4,10H2,(H,7,9). The molecule has 0 aromatic rings. The summed E-state index contributed by atoms with van der Waals surface area (Å²) in [5.74, 6) is 0. The molecule has 0 saturated carbocycles. The Kier molecular flexibility index (Phi) is 3.10. The third-order valence-corrected chi connectivity index (χ3v) is 2.35. The maximum atomic E-state index is 10.0. The van der Waals surface area contributed by atoms with Gasteiger partial charge in [-0.15, -0.1) is 0 Å². The van der Waals surface area contributed by atoms with Gasteiger partial charge in [-0.1, -0.05) is 9.39 Å². The predicted molar refractivity (Wildman–Crippen MR) is 43.5 cm³/mol. The van der Waals surface area contributed by atoms with Crippen molar-refractivity contribution in [3.8, 4) is 0 Å². The van der Waals surface area contributed by atoms with Crippen LogP contribution in [0, 0.1) is 0 Å². The minimum absolute atomic E-state index is 0.411. The third kappa shape index (κ3) is 2.24. The molecule has 0 radical (unpaired) electrons. The molecule has 4 heteroatoms. The molecule has 1 rings (SSSR count). The minimum Gasteiger partial charge on any atom is -0.356 e. The van der Waals surface area contributed by atoms with E-state index in [1.54, 1.807) is 0 Å². The fourth-order valence-electron chi connectivity index (χ4n) is 1.16. The van der Waals surface area contributed by atoms with Gasteiger partial charge in [0.2, 0.25) is 6.41 Å². The van der Waals surface area contributed by atoms with Crippen LogP contribution in [0.15, 0.2) is 0 Å². The molecular weight excluding hydrogens is 147 g/mol. The Bertz CT molecular complexity index is 112. The Balaban J connectivity index is 2.19. The Morgan fingerprint density at radius 1 is 1.50 bits per heavy atom. The van der Waals surface area contributed by atoms with Crippen molar-refractivity contribution >= 4 is 15.8 Å². The lowest BCUT2D eigenvalue weighted by molar-refractivity contribution is -0.110. The van der Waals surface area contributed by atoms with E-state index < -0.39 is 0 Å². The van der Waals surface area contributed by atoms with E-state index in [1.807, 2.05) is 0 Å². The monoisotopic (exact) mass is 160 g/mol. The van der Waals surface area contributed by atoms with E-state index in [2.05, 4.69) is 19.4 Å². The maximum Gasteiger partial charge on any atom is 0.207 e. The van der Waals surface area contributed by atoms with Crippen LogP contribution in [0.3, 0.4) is 0 Å². The van der Waals surface area contributed by atoms with E-state index in [0.717, 1.165) is 32.3 Å². The normalized spacial score (nSPS) is 22.5. The lowest BCUT2D eigenvalue weighted by Crippen LogP contribution is -2.38. The van der Waals surface area contributed by atoms with Gasteiger partial charge in [-0.25, -0.2) is 0 Å². The Morgan fingerprint density at radius 2 is 2.10 bits per heavy atom. The number of rotatable bonds is 2. The smallest absolute Gasteiger partial charge is 0.207 e. The number of hydrogen-bond acceptors (Lipinski definition) is 2. The minimum atomic E-state index is 0.411. The second-order valence-electron chi connectivity index (χ2n) is 2.59. The number of nitrogens with one attached hydrogen (secondary N) is 1. The molecule has 58 valence electrons. The highest BCUT2D eigenvalue weighted by Gasteiger charge is 2.14. The second kappa shape index (κ2) is 3.89. The first kappa shape index (κ1) is 7.96. The fourth-order valence-corrected chi connectivity index (χ4v) is 1.46. The van der Waals surface area contributed by atoms with E-state index in [4.69, 9.17) is 0 Å². The van der Waals surface area contributed by atoms with Crippen molar-refractivity contribution in [3.05, 3.63) is 0 Å². The molecule has 0 aliphatic carbocycles. The van der Waals surface area contributed by atoms with Crippen molar-refractivity contribution in [3.63, 3.8) is 0 Å². The number of nitrogens with zero attached hydrogens (tertiary/aromatic N) is 1. The summed E-state index contributed by atoms with van der Waals surface area (Å²) in [6, 6.07) is 0.411. The van der Waals surface area contributed by atoms with Gasteiger partial charge in [0.15, 0.2) is 0 Å². The topological polar surface area (TPSA) is 32.3 Å². The molecule has 1 aliphatic rings. The van der Waals surface area contributed by atoms with Gasteiger partial charge in [0.05, 0.1) is 0 Å². The summed E-state index contributed by atoms with van der Waals surface area (Å²) in [6.45, 7) is 2.13. The van der Waals surface area contributed by atoms with Gasteiger partial charge in [-0.3, -0.25) is 9.46 Å². The van der Waals surface area contributed by atoms with Crippen LogP contribution in [-0.4, -0.2) is 30.2 Å². The number of carbonyl (C=O) groups is 1. The maximum absolute atomic E-state index is 10.0. The van der Waals surface area contributed by atoms with Gasteiger partial charge in [-0.2, -0.15) is 0 Å². The Morgan fingerprint density at radius 3 is 2.60 bits per heavy atom. The van der Waals surface area contributed by atoms with Gasteiger partial charge >= 0.3 is 0 Å². The lowest BCUT2D eigenvalue weighted by Gasteiger charge is -2.27. The summed E-state index contributed by atoms with van der Waals surface area (Å²) in [5.41, 5.74) is 0. The van der Waals surface area contributed by atoms with Gasteiger partial charge < -0.3 is 5.32 Å². The van der Waals surface area contributed by atoms with Crippen LogP contribution in [0.2, 0.25) is 0 Å². The number of carbonyl (C=O) groups excluding carboxylic acids is 1. The van der Waals surface area contributed by atoms with Crippen molar-refractivity contribution in [1.29, 1.82) is 0 Å². The van der Waals surface area contributed by atoms with Crippen LogP contribution in [-0.2, 0) is 4.79 Å². The van der Waals surface area contributed by atoms with Crippen LogP contribution >= 0.6 is 9.39 Å². The highest BCUT2D eigenvalue weighted by Crippen LogP contribution is 2.12. The quantitative estimate of drug-likeness (QED) is 0.455. The van der Waals surface area contributed by atoms with Gasteiger partial charge in [0.25, 0.3) is 0 Å². The molecule has 1 atom stereocenters. The van der Waals surface area contributed by atoms with E-state index in [9.17, 15) is 4.79 Å². The molecule has 0 aromatic carbocycles. The van der Waals surface area contributed by atoms with Crippen molar-refractivity contribution in [2.75, 3.05) is 13.1 Å². The van der Waals surface area contributed by atoms with Gasteiger partial charge in [0.1, 0.15) is 0 Å². The fraction of sp³-hybridized carbons (Fsp3) is 0.833. The van der Waals surface area contributed by atoms with Crippen LogP contribution in [0.25, 0.3) is 0 Å². The Labute approximate surface area is 63.4 Å². The molecule has 0 bridgehead atoms. The number of hydrogen-bond donors (Lipinski definition) is 1. The third-order valence-electron chi connectivity index (χ3n) is 1.83. The van der Waals surface area contributed by atoms with E-state index >= 15 is 0 Å². The first-order chi connectivity index (χ1) is 4.83. The van der Waals surface area contributed by atoms with Gasteiger partial charge in [0, 0.05) is 19.1 Å². The molecule has 3 nitrogen and oxygen atoms in total. The van der Waals surface area contributed by atoms with E-state index in [1.165, 1.54) is 0 Å². The largest absolute Gasteiger partial charge is 0.356 e. The van der Waals surface area contributed by atoms with Crippen LogP contribution < -0.4 is 5.32 Å². The zero-order valence-electron chi connectivity index (χ0n) is 5.92. The molecule has 1 amide bonds. The molecule has 1 aliphatic heterocycles. The number of piperidine rings is 1. The van der Waals surface area contributed by atoms with Crippen LogP contribution in [0.1, 0.15) is 12.8 Å². The molecule has 1 fully saturated rings. The average molecular weight is 160 g/mol. The first-order valence-electron chi connectivity index (χ1n) is 3.52. The summed E-state index contributed by atoms with van der Waals surface area (Å²) >= 11 is 0. The van der Waals surface area contributed by atoms with Crippen molar-refractivity contribution in [2.45, 2.75) is 18.9 Å². The molecule has 1 N–H and O–H groups in total. The molecule has 0 spiro atoms. The van der Waals surface area contributed by atoms with Gasteiger partial charge in [-0.05, 0) is 12.8 Å². The zero-order valence-corrected chi connectivity index (χ0v) is 7.07.